The first-order valence-electron chi connectivity index (χ1n) is 6.22. The highest BCUT2D eigenvalue weighted by atomic mass is 35.5. The number of rotatable bonds is 4. The molecule has 0 N–H and O–H groups in total. The number of benzene rings is 1. The molecule has 0 fully saturated rings. The van der Waals surface area contributed by atoms with Crippen LogP contribution in [0.25, 0.3) is 11.1 Å². The van der Waals surface area contributed by atoms with Crippen molar-refractivity contribution in [1.82, 2.24) is 0 Å². The van der Waals surface area contributed by atoms with Gasteiger partial charge in [-0.15, -0.1) is 22.7 Å². The lowest BCUT2D eigenvalue weighted by atomic mass is 10.1. The van der Waals surface area contributed by atoms with Crippen LogP contribution in [0.4, 0.5) is 0 Å². The Morgan fingerprint density at radius 1 is 1.14 bits per heavy atom. The van der Waals surface area contributed by atoms with Crippen LogP contribution in [-0.2, 0) is 6.61 Å². The third-order valence-electron chi connectivity index (χ3n) is 2.93. The van der Waals surface area contributed by atoms with Crippen molar-refractivity contribution in [3.8, 4) is 22.3 Å². The van der Waals surface area contributed by atoms with Gasteiger partial charge in [0, 0.05) is 15.8 Å². The van der Waals surface area contributed by atoms with Gasteiger partial charge < -0.3 is 4.74 Å². The smallest absolute Gasteiger partial charge is 0.192 e. The lowest BCUT2D eigenvalue weighted by Crippen LogP contribution is -1.92. The summed E-state index contributed by atoms with van der Waals surface area (Å²) in [7, 11) is 0. The van der Waals surface area contributed by atoms with Crippen molar-refractivity contribution < 1.29 is 4.74 Å². The molecule has 3 aromatic rings. The molecule has 2 aromatic heterocycles. The second kappa shape index (κ2) is 6.31. The molecule has 0 saturated carbocycles. The number of ether oxygens (including phenoxy) is 1. The zero-order valence-electron chi connectivity index (χ0n) is 10.9. The van der Waals surface area contributed by atoms with Crippen LogP contribution >= 0.6 is 34.3 Å². The second-order valence-corrected chi connectivity index (χ2v) is 6.93. The Labute approximate surface area is 135 Å². The fourth-order valence-electron chi connectivity index (χ4n) is 1.95. The predicted octanol–water partition coefficient (Wildman–Crippen LogP) is 5.58. The predicted molar refractivity (Wildman–Crippen MR) is 88.1 cm³/mol. The van der Waals surface area contributed by atoms with Gasteiger partial charge in [-0.25, -0.2) is 0 Å². The number of nitrogens with zero attached hydrogens (tertiary/aromatic N) is 1. The zero-order valence-corrected chi connectivity index (χ0v) is 13.3. The average molecular weight is 332 g/mol. The Hall–Kier alpha value is -1.80. The van der Waals surface area contributed by atoms with Gasteiger partial charge in [0.2, 0.25) is 0 Å². The molecular formula is C16H10ClNOS2. The van der Waals surface area contributed by atoms with E-state index in [9.17, 15) is 5.26 Å². The molecule has 0 radical (unpaired) electrons. The molecule has 0 unspecified atom stereocenters. The van der Waals surface area contributed by atoms with Gasteiger partial charge in [0.25, 0.3) is 0 Å². The van der Waals surface area contributed by atoms with E-state index in [1.54, 1.807) is 0 Å². The number of hydrogen-bond donors (Lipinski definition) is 0. The summed E-state index contributed by atoms with van der Waals surface area (Å²) in [6, 6.07) is 15.9. The first-order valence-corrected chi connectivity index (χ1v) is 8.29. The normalized spacial score (nSPS) is 10.3. The van der Waals surface area contributed by atoms with E-state index in [0.29, 0.717) is 17.2 Å². The lowest BCUT2D eigenvalue weighted by molar-refractivity contribution is 0.318. The van der Waals surface area contributed by atoms with Crippen molar-refractivity contribution in [2.45, 2.75) is 6.61 Å². The number of hydrogen-bond acceptors (Lipinski definition) is 4. The van der Waals surface area contributed by atoms with E-state index in [0.717, 1.165) is 20.3 Å². The highest BCUT2D eigenvalue weighted by molar-refractivity contribution is 7.16. The molecule has 1 aromatic carbocycles. The fraction of sp³-hybridized carbons (Fsp3) is 0.0625. The van der Waals surface area contributed by atoms with E-state index in [1.807, 2.05) is 47.8 Å². The molecule has 3 rings (SSSR count). The summed E-state index contributed by atoms with van der Waals surface area (Å²) < 4.78 is 6.52. The van der Waals surface area contributed by atoms with Gasteiger partial charge in [0.15, 0.2) is 5.06 Å². The minimum Gasteiger partial charge on any atom is -0.477 e. The summed E-state index contributed by atoms with van der Waals surface area (Å²) in [6.07, 6.45) is 0. The van der Waals surface area contributed by atoms with Crippen LogP contribution in [0.2, 0.25) is 4.34 Å². The molecule has 0 aliphatic heterocycles. The van der Waals surface area contributed by atoms with Gasteiger partial charge in [-0.2, -0.15) is 5.26 Å². The molecule has 0 atom stereocenters. The zero-order chi connectivity index (χ0) is 14.7. The minimum absolute atomic E-state index is 0.431. The maximum atomic E-state index is 9.41. The van der Waals surface area contributed by atoms with Crippen LogP contribution in [0.5, 0.6) is 5.06 Å². The number of nitriles is 1. The molecule has 104 valence electrons. The van der Waals surface area contributed by atoms with Crippen LogP contribution < -0.4 is 4.74 Å². The molecule has 0 bridgehead atoms. The van der Waals surface area contributed by atoms with Gasteiger partial charge in [-0.3, -0.25) is 0 Å². The summed E-state index contributed by atoms with van der Waals surface area (Å²) in [4.78, 5) is 1.04. The molecule has 2 heterocycles. The van der Waals surface area contributed by atoms with Crippen LogP contribution in [0, 0.1) is 11.3 Å². The van der Waals surface area contributed by atoms with E-state index >= 15 is 0 Å². The maximum absolute atomic E-state index is 9.41. The van der Waals surface area contributed by atoms with Gasteiger partial charge in [0.05, 0.1) is 4.34 Å². The van der Waals surface area contributed by atoms with Crippen LogP contribution in [-0.4, -0.2) is 0 Å². The Morgan fingerprint density at radius 2 is 1.95 bits per heavy atom. The van der Waals surface area contributed by atoms with Crippen molar-refractivity contribution in [2.75, 3.05) is 0 Å². The Balaban J connectivity index is 1.84. The molecule has 2 nitrogen and oxygen atoms in total. The molecule has 21 heavy (non-hydrogen) atoms. The number of thiophene rings is 2. The third-order valence-corrected chi connectivity index (χ3v) is 5.02. The quantitative estimate of drug-likeness (QED) is 0.625. The molecule has 0 aliphatic rings. The first-order chi connectivity index (χ1) is 10.3. The monoisotopic (exact) mass is 331 g/mol. The van der Waals surface area contributed by atoms with E-state index < -0.39 is 0 Å². The van der Waals surface area contributed by atoms with E-state index in [1.165, 1.54) is 22.7 Å². The second-order valence-electron chi connectivity index (χ2n) is 4.28. The van der Waals surface area contributed by atoms with Crippen molar-refractivity contribution in [2.24, 2.45) is 0 Å². The molecular weight excluding hydrogens is 322 g/mol. The van der Waals surface area contributed by atoms with Crippen molar-refractivity contribution in [1.29, 1.82) is 5.26 Å². The molecule has 5 heteroatoms. The fourth-order valence-corrected chi connectivity index (χ4v) is 3.83. The van der Waals surface area contributed by atoms with Gasteiger partial charge in [-0.1, -0.05) is 41.9 Å². The molecule has 0 saturated heterocycles. The van der Waals surface area contributed by atoms with Crippen LogP contribution in [0.15, 0.2) is 47.8 Å². The van der Waals surface area contributed by atoms with Crippen LogP contribution in [0.1, 0.15) is 10.4 Å². The van der Waals surface area contributed by atoms with E-state index in [4.69, 9.17) is 16.3 Å². The van der Waals surface area contributed by atoms with Crippen molar-refractivity contribution in [3.05, 3.63) is 62.6 Å². The van der Waals surface area contributed by atoms with Gasteiger partial charge in [-0.05, 0) is 17.7 Å². The molecule has 0 aliphatic carbocycles. The van der Waals surface area contributed by atoms with E-state index in [2.05, 4.69) is 6.07 Å². The highest BCUT2D eigenvalue weighted by Gasteiger charge is 2.14. The summed E-state index contributed by atoms with van der Waals surface area (Å²) in [5.41, 5.74) is 2.54. The number of halogens is 1. The summed E-state index contributed by atoms with van der Waals surface area (Å²) >= 11 is 8.83. The first kappa shape index (κ1) is 14.2. The minimum atomic E-state index is 0.431. The van der Waals surface area contributed by atoms with E-state index in [-0.39, 0.29) is 0 Å². The van der Waals surface area contributed by atoms with Gasteiger partial charge in [0.1, 0.15) is 18.2 Å². The molecule has 0 spiro atoms. The summed E-state index contributed by atoms with van der Waals surface area (Å²) in [6.45, 7) is 0.431. The average Bonchev–Trinajstić information content (AvgIpc) is 3.11. The Morgan fingerprint density at radius 3 is 2.62 bits per heavy atom. The topological polar surface area (TPSA) is 33.0 Å². The third kappa shape index (κ3) is 3.11. The maximum Gasteiger partial charge on any atom is 0.192 e. The Kier molecular flexibility index (Phi) is 4.26. The van der Waals surface area contributed by atoms with Gasteiger partial charge >= 0.3 is 0 Å². The van der Waals surface area contributed by atoms with Crippen LogP contribution in [0.3, 0.4) is 0 Å². The summed E-state index contributed by atoms with van der Waals surface area (Å²) in [5, 5.41) is 12.0. The Bertz CT molecular complexity index is 786. The SMILES string of the molecule is N#Cc1c(-c2ccccc2)csc1OCc1ccc(Cl)s1. The van der Waals surface area contributed by atoms with Crippen molar-refractivity contribution in [3.63, 3.8) is 0 Å². The standard InChI is InChI=1S/C16H10ClNOS2/c17-15-7-6-12(21-15)9-19-16-13(8-18)14(10-20-16)11-4-2-1-3-5-11/h1-7,10H,9H2. The van der Waals surface area contributed by atoms with Crippen molar-refractivity contribution >= 4 is 34.3 Å². The highest BCUT2D eigenvalue weighted by Crippen LogP contribution is 2.37. The summed E-state index contributed by atoms with van der Waals surface area (Å²) in [5.74, 6) is 0. The lowest BCUT2D eigenvalue weighted by Gasteiger charge is -2.03. The largest absolute Gasteiger partial charge is 0.477 e. The molecule has 0 amide bonds.